The van der Waals surface area contributed by atoms with E-state index >= 15 is 0 Å². The predicted molar refractivity (Wildman–Crippen MR) is 145 cm³/mol. The summed E-state index contributed by atoms with van der Waals surface area (Å²) in [5, 5.41) is 15.6. The molecule has 200 valence electrons. The molecule has 1 N–H and O–H groups in total. The van der Waals surface area contributed by atoms with Gasteiger partial charge < -0.3 is 4.57 Å². The van der Waals surface area contributed by atoms with E-state index < -0.39 is 38.9 Å². The van der Waals surface area contributed by atoms with Gasteiger partial charge in [0.1, 0.15) is 18.0 Å². The Morgan fingerprint density at radius 3 is 2.38 bits per heavy atom. The first kappa shape index (κ1) is 27.2. The molecule has 0 unspecified atom stereocenters. The second-order valence-corrected chi connectivity index (χ2v) is 10.3. The maximum Gasteiger partial charge on any atom is 0.293 e. The van der Waals surface area contributed by atoms with E-state index in [9.17, 15) is 27.7 Å². The van der Waals surface area contributed by atoms with Crippen molar-refractivity contribution >= 4 is 33.5 Å². The summed E-state index contributed by atoms with van der Waals surface area (Å²) in [4.78, 5) is 23.6. The number of rotatable bonds is 9. The zero-order valence-electron chi connectivity index (χ0n) is 21.0. The van der Waals surface area contributed by atoms with E-state index in [1.54, 1.807) is 48.7 Å². The van der Waals surface area contributed by atoms with E-state index in [1.807, 2.05) is 0 Å². The second kappa shape index (κ2) is 11.3. The molecule has 1 aromatic heterocycles. The van der Waals surface area contributed by atoms with Crippen LogP contribution in [0.4, 0.5) is 15.8 Å². The number of halogens is 1. The van der Waals surface area contributed by atoms with Gasteiger partial charge in [0.2, 0.25) is 0 Å². The molecule has 4 rings (SSSR count). The lowest BCUT2D eigenvalue weighted by molar-refractivity contribution is -0.384. The van der Waals surface area contributed by atoms with Gasteiger partial charge in [0.25, 0.3) is 21.6 Å². The molecule has 3 aromatic carbocycles. The van der Waals surface area contributed by atoms with Crippen molar-refractivity contribution in [1.29, 1.82) is 0 Å². The number of benzene rings is 3. The molecule has 39 heavy (non-hydrogen) atoms. The average Bonchev–Trinajstić information content (AvgIpc) is 3.20. The number of sulfonamides is 1. The van der Waals surface area contributed by atoms with Gasteiger partial charge in [-0.3, -0.25) is 14.9 Å². The number of amides is 1. The Morgan fingerprint density at radius 2 is 1.69 bits per heavy atom. The molecule has 4 aromatic rings. The molecule has 0 saturated heterocycles. The molecule has 0 aliphatic heterocycles. The van der Waals surface area contributed by atoms with Crippen LogP contribution in [0.5, 0.6) is 0 Å². The Balaban J connectivity index is 1.60. The van der Waals surface area contributed by atoms with Crippen molar-refractivity contribution in [3.63, 3.8) is 0 Å². The molecule has 0 radical (unpaired) electrons. The fourth-order valence-electron chi connectivity index (χ4n) is 4.11. The Morgan fingerprint density at radius 1 is 1.05 bits per heavy atom. The zero-order valence-corrected chi connectivity index (χ0v) is 21.8. The number of carbonyl (C=O) groups is 1. The number of hydrogen-bond acceptors (Lipinski definition) is 6. The molecule has 0 aliphatic carbocycles. The minimum atomic E-state index is -4.35. The number of nitro benzene ring substituents is 1. The quantitative estimate of drug-likeness (QED) is 0.187. The van der Waals surface area contributed by atoms with E-state index in [0.29, 0.717) is 21.2 Å². The van der Waals surface area contributed by atoms with E-state index in [2.05, 4.69) is 10.5 Å². The lowest BCUT2D eigenvalue weighted by Gasteiger charge is -2.23. The third kappa shape index (κ3) is 5.70. The van der Waals surface area contributed by atoms with Crippen LogP contribution in [0.2, 0.25) is 0 Å². The summed E-state index contributed by atoms with van der Waals surface area (Å²) in [5.41, 5.74) is 3.91. The predicted octanol–water partition coefficient (Wildman–Crippen LogP) is 4.49. The summed E-state index contributed by atoms with van der Waals surface area (Å²) in [6, 6.07) is 20.6. The summed E-state index contributed by atoms with van der Waals surface area (Å²) in [7, 11) is -4.35. The highest BCUT2D eigenvalue weighted by Crippen LogP contribution is 2.32. The number of para-hydroxylation sites is 3. The molecule has 0 fully saturated rings. The third-order valence-corrected chi connectivity index (χ3v) is 7.70. The van der Waals surface area contributed by atoms with Crippen LogP contribution in [0, 0.1) is 29.8 Å². The summed E-state index contributed by atoms with van der Waals surface area (Å²) in [5.74, 6) is -1.22. The highest BCUT2D eigenvalue weighted by molar-refractivity contribution is 7.92. The van der Waals surface area contributed by atoms with Crippen molar-refractivity contribution < 1.29 is 22.5 Å². The number of hydrogen-bond donors (Lipinski definition) is 1. The molecule has 12 heteroatoms. The van der Waals surface area contributed by atoms with E-state index in [0.717, 1.165) is 11.8 Å². The largest absolute Gasteiger partial charge is 0.315 e. The number of nitrogens with one attached hydrogen (secondary N) is 1. The first-order chi connectivity index (χ1) is 18.6. The minimum absolute atomic E-state index is 0.139. The molecular formula is C27H24FN5O5S. The van der Waals surface area contributed by atoms with Crippen molar-refractivity contribution in [2.75, 3.05) is 10.8 Å². The van der Waals surface area contributed by atoms with Crippen molar-refractivity contribution in [3.8, 4) is 5.69 Å². The Labute approximate surface area is 224 Å². The number of aryl methyl sites for hydroxylation is 1. The van der Waals surface area contributed by atoms with Gasteiger partial charge in [0.05, 0.1) is 21.7 Å². The van der Waals surface area contributed by atoms with Crippen LogP contribution in [-0.2, 0) is 14.8 Å². The smallest absolute Gasteiger partial charge is 0.293 e. The number of aromatic nitrogens is 1. The van der Waals surface area contributed by atoms with Crippen molar-refractivity contribution in [2.45, 2.75) is 18.7 Å². The van der Waals surface area contributed by atoms with Crippen LogP contribution < -0.4 is 9.73 Å². The average molecular weight is 550 g/mol. The molecule has 1 amide bonds. The monoisotopic (exact) mass is 549 g/mol. The molecule has 0 saturated carbocycles. The highest BCUT2D eigenvalue weighted by atomic mass is 32.2. The minimum Gasteiger partial charge on any atom is -0.315 e. The molecule has 10 nitrogen and oxygen atoms in total. The van der Waals surface area contributed by atoms with E-state index in [1.165, 1.54) is 54.7 Å². The Hall–Kier alpha value is -4.84. The lowest BCUT2D eigenvalue weighted by Crippen LogP contribution is -2.39. The van der Waals surface area contributed by atoms with Gasteiger partial charge in [-0.15, -0.1) is 0 Å². The molecule has 0 spiro atoms. The molecular weight excluding hydrogens is 525 g/mol. The summed E-state index contributed by atoms with van der Waals surface area (Å²) >= 11 is 0. The van der Waals surface area contributed by atoms with Crippen molar-refractivity contribution in [2.24, 2.45) is 5.10 Å². The highest BCUT2D eigenvalue weighted by Gasteiger charge is 2.31. The van der Waals surface area contributed by atoms with E-state index in [4.69, 9.17) is 0 Å². The van der Waals surface area contributed by atoms with Gasteiger partial charge >= 0.3 is 0 Å². The number of hydrazone groups is 1. The molecule has 0 atom stereocenters. The van der Waals surface area contributed by atoms with Gasteiger partial charge in [-0.05, 0) is 50.2 Å². The van der Waals surface area contributed by atoms with Crippen LogP contribution in [0.3, 0.4) is 0 Å². The third-order valence-electron chi connectivity index (χ3n) is 5.92. The van der Waals surface area contributed by atoms with Gasteiger partial charge in [-0.25, -0.2) is 22.5 Å². The summed E-state index contributed by atoms with van der Waals surface area (Å²) in [6.45, 7) is 2.80. The van der Waals surface area contributed by atoms with Crippen molar-refractivity contribution in [3.05, 3.63) is 118 Å². The second-order valence-electron chi connectivity index (χ2n) is 8.48. The van der Waals surface area contributed by atoms with Gasteiger partial charge in [0, 0.05) is 23.0 Å². The van der Waals surface area contributed by atoms with Crippen LogP contribution in [0.1, 0.15) is 17.0 Å². The number of nitro groups is 1. The standard InChI is InChI=1S/C27H24FN5O5S/c1-19-16-21(20(2)32(19)24-13-7-6-12-23(24)28)17-29-30-27(34)18-31(25-14-8-9-15-26(25)33(35)36)39(37,38)22-10-4-3-5-11-22/h3-17H,18H2,1-2H3,(H,30,34)/b29-17-. The fourth-order valence-corrected chi connectivity index (χ4v) is 5.57. The molecule has 0 bridgehead atoms. The normalized spacial score (nSPS) is 11.5. The van der Waals surface area contributed by atoms with Crippen LogP contribution >= 0.6 is 0 Å². The Bertz CT molecular complexity index is 1670. The van der Waals surface area contributed by atoms with Crippen LogP contribution in [0.15, 0.2) is 94.9 Å². The zero-order chi connectivity index (χ0) is 28.2. The number of nitrogens with zero attached hydrogens (tertiary/aromatic N) is 4. The topological polar surface area (TPSA) is 127 Å². The Kier molecular flexibility index (Phi) is 7.86. The van der Waals surface area contributed by atoms with Gasteiger partial charge in [0.15, 0.2) is 0 Å². The van der Waals surface area contributed by atoms with Gasteiger partial charge in [-0.2, -0.15) is 5.10 Å². The van der Waals surface area contributed by atoms with Gasteiger partial charge in [-0.1, -0.05) is 42.5 Å². The molecule has 1 heterocycles. The SMILES string of the molecule is Cc1cc(/C=N\NC(=O)CN(c2ccccc2[N+](=O)[O-])S(=O)(=O)c2ccccc2)c(C)n1-c1ccccc1F. The fraction of sp³-hybridized carbons (Fsp3) is 0.111. The van der Waals surface area contributed by atoms with Crippen LogP contribution in [0.25, 0.3) is 5.69 Å². The first-order valence-corrected chi connectivity index (χ1v) is 13.1. The van der Waals surface area contributed by atoms with E-state index in [-0.39, 0.29) is 10.6 Å². The van der Waals surface area contributed by atoms with Crippen LogP contribution in [-0.4, -0.2) is 36.6 Å². The lowest BCUT2D eigenvalue weighted by atomic mass is 10.2. The molecule has 0 aliphatic rings. The summed E-state index contributed by atoms with van der Waals surface area (Å²) in [6.07, 6.45) is 1.36. The number of anilines is 1. The van der Waals surface area contributed by atoms with Crippen molar-refractivity contribution in [1.82, 2.24) is 9.99 Å². The maximum atomic E-state index is 14.4. The maximum absolute atomic E-state index is 14.4. The summed E-state index contributed by atoms with van der Waals surface area (Å²) < 4.78 is 43.6. The number of carbonyl (C=O) groups excluding carboxylic acids is 1. The first-order valence-electron chi connectivity index (χ1n) is 11.7.